The molecular formula is C26H26N4O2. The van der Waals surface area contributed by atoms with Crippen LogP contribution < -0.4 is 4.74 Å². The number of carbonyl (C=O) groups excluding carboxylic acids is 1. The lowest BCUT2D eigenvalue weighted by atomic mass is 9.95. The van der Waals surface area contributed by atoms with Crippen molar-refractivity contribution in [3.05, 3.63) is 89.1 Å². The first kappa shape index (κ1) is 20.2. The van der Waals surface area contributed by atoms with Crippen LogP contribution in [-0.2, 0) is 17.6 Å². The summed E-state index contributed by atoms with van der Waals surface area (Å²) in [5.41, 5.74) is 6.05. The molecule has 1 aliphatic rings. The zero-order chi connectivity index (χ0) is 22.1. The molecule has 5 rings (SSSR count). The maximum atomic E-state index is 13.4. The lowest BCUT2D eigenvalue weighted by Gasteiger charge is -2.35. The van der Waals surface area contributed by atoms with E-state index in [4.69, 9.17) is 4.74 Å². The summed E-state index contributed by atoms with van der Waals surface area (Å²) in [5.74, 6) is 0.608. The Balaban J connectivity index is 1.47. The molecule has 1 amide bonds. The van der Waals surface area contributed by atoms with E-state index in [1.165, 1.54) is 10.9 Å². The van der Waals surface area contributed by atoms with Crippen LogP contribution in [0.25, 0.3) is 10.9 Å². The Morgan fingerprint density at radius 3 is 2.81 bits per heavy atom. The fraction of sp³-hybridized carbons (Fsp3) is 0.269. The fourth-order valence-electron chi connectivity index (χ4n) is 4.56. The third kappa shape index (κ3) is 3.62. The van der Waals surface area contributed by atoms with E-state index in [1.807, 2.05) is 55.1 Å². The fourth-order valence-corrected chi connectivity index (χ4v) is 4.56. The zero-order valence-corrected chi connectivity index (χ0v) is 18.3. The van der Waals surface area contributed by atoms with E-state index < -0.39 is 0 Å². The van der Waals surface area contributed by atoms with Gasteiger partial charge in [0.1, 0.15) is 11.8 Å². The van der Waals surface area contributed by atoms with Gasteiger partial charge in [-0.15, -0.1) is 0 Å². The van der Waals surface area contributed by atoms with E-state index in [1.54, 1.807) is 6.20 Å². The summed E-state index contributed by atoms with van der Waals surface area (Å²) in [6.07, 6.45) is 3.32. The molecule has 0 radical (unpaired) electrons. The highest BCUT2D eigenvalue weighted by molar-refractivity contribution is 5.86. The third-order valence-electron chi connectivity index (χ3n) is 6.08. The van der Waals surface area contributed by atoms with Gasteiger partial charge in [0, 0.05) is 35.0 Å². The molecule has 162 valence electrons. The maximum absolute atomic E-state index is 13.4. The highest BCUT2D eigenvalue weighted by atomic mass is 16.5. The second kappa shape index (κ2) is 8.46. The van der Waals surface area contributed by atoms with Crippen LogP contribution >= 0.6 is 0 Å². The van der Waals surface area contributed by atoms with Gasteiger partial charge in [0.2, 0.25) is 0 Å². The average molecular weight is 427 g/mol. The van der Waals surface area contributed by atoms with Gasteiger partial charge in [-0.25, -0.2) is 0 Å². The first-order chi connectivity index (χ1) is 15.7. The van der Waals surface area contributed by atoms with Crippen LogP contribution in [0, 0.1) is 6.92 Å². The van der Waals surface area contributed by atoms with Crippen molar-refractivity contribution in [1.82, 2.24) is 19.9 Å². The Kier molecular flexibility index (Phi) is 5.35. The predicted molar refractivity (Wildman–Crippen MR) is 124 cm³/mol. The van der Waals surface area contributed by atoms with Gasteiger partial charge in [0.05, 0.1) is 11.4 Å². The summed E-state index contributed by atoms with van der Waals surface area (Å²) >= 11 is 0. The van der Waals surface area contributed by atoms with Crippen LogP contribution in [0.1, 0.15) is 41.3 Å². The topological polar surface area (TPSA) is 71.1 Å². The lowest BCUT2D eigenvalue weighted by Crippen LogP contribution is -2.43. The summed E-state index contributed by atoms with van der Waals surface area (Å²) in [4.78, 5) is 28.0. The molecule has 0 unspecified atom stereocenters. The Labute approximate surface area is 187 Å². The maximum Gasteiger partial charge on any atom is 0.261 e. The number of H-pyrrole nitrogens is 1. The van der Waals surface area contributed by atoms with Crippen molar-refractivity contribution in [3.63, 3.8) is 0 Å². The largest absolute Gasteiger partial charge is 0.482 e. The summed E-state index contributed by atoms with van der Waals surface area (Å²) in [7, 11) is 0. The highest BCUT2D eigenvalue weighted by Gasteiger charge is 2.35. The number of fused-ring (bicyclic) bond motifs is 3. The smallest absolute Gasteiger partial charge is 0.261 e. The minimum atomic E-state index is -0.273. The Hall–Kier alpha value is -3.67. The Bertz CT molecular complexity index is 1270. The van der Waals surface area contributed by atoms with Gasteiger partial charge >= 0.3 is 0 Å². The van der Waals surface area contributed by atoms with Crippen LogP contribution in [0.4, 0.5) is 0 Å². The summed E-state index contributed by atoms with van der Waals surface area (Å²) < 4.78 is 5.94. The average Bonchev–Trinajstić information content (AvgIpc) is 3.21. The van der Waals surface area contributed by atoms with Crippen LogP contribution in [0.15, 0.2) is 60.8 Å². The number of benzene rings is 1. The van der Waals surface area contributed by atoms with Crippen molar-refractivity contribution in [2.75, 3.05) is 13.2 Å². The number of pyridine rings is 2. The molecule has 4 heterocycles. The van der Waals surface area contributed by atoms with Gasteiger partial charge in [-0.05, 0) is 55.7 Å². The first-order valence-corrected chi connectivity index (χ1v) is 11.0. The number of amides is 1. The molecule has 0 saturated heterocycles. The number of nitrogens with zero attached hydrogens (tertiary/aromatic N) is 3. The first-order valence-electron chi connectivity index (χ1n) is 11.0. The second-order valence-corrected chi connectivity index (χ2v) is 8.10. The molecule has 32 heavy (non-hydrogen) atoms. The van der Waals surface area contributed by atoms with Gasteiger partial charge < -0.3 is 14.6 Å². The normalized spacial score (nSPS) is 15.6. The molecule has 1 N–H and O–H groups in total. The van der Waals surface area contributed by atoms with Crippen LogP contribution in [0.2, 0.25) is 0 Å². The van der Waals surface area contributed by atoms with Crippen LogP contribution in [-0.4, -0.2) is 38.9 Å². The number of para-hydroxylation sites is 1. The van der Waals surface area contributed by atoms with Crippen molar-refractivity contribution in [2.24, 2.45) is 0 Å². The molecule has 6 nitrogen and oxygen atoms in total. The van der Waals surface area contributed by atoms with Crippen molar-refractivity contribution in [2.45, 2.75) is 32.7 Å². The highest BCUT2D eigenvalue weighted by Crippen LogP contribution is 2.37. The SMILES string of the molecule is CCc1nc(C)ccc1OCC(=O)N1CCc2c([nH]c3ccccc23)[C@H]1c1ccccn1. The molecule has 0 bridgehead atoms. The third-order valence-corrected chi connectivity index (χ3v) is 6.08. The summed E-state index contributed by atoms with van der Waals surface area (Å²) in [6.45, 7) is 4.58. The lowest BCUT2D eigenvalue weighted by molar-refractivity contribution is -0.135. The monoisotopic (exact) mass is 426 g/mol. The number of ether oxygens (including phenoxy) is 1. The number of aromatic nitrogens is 3. The quantitative estimate of drug-likeness (QED) is 0.514. The van der Waals surface area contributed by atoms with E-state index in [0.717, 1.165) is 41.1 Å². The van der Waals surface area contributed by atoms with Crippen LogP contribution in [0.5, 0.6) is 5.75 Å². The van der Waals surface area contributed by atoms with Crippen LogP contribution in [0.3, 0.4) is 0 Å². The molecule has 1 aliphatic heterocycles. The molecule has 1 atom stereocenters. The van der Waals surface area contributed by atoms with Gasteiger partial charge in [-0.2, -0.15) is 0 Å². The molecule has 0 spiro atoms. The molecule has 0 aliphatic carbocycles. The van der Waals surface area contributed by atoms with Gasteiger partial charge in [0.25, 0.3) is 5.91 Å². The zero-order valence-electron chi connectivity index (χ0n) is 18.3. The van der Waals surface area contributed by atoms with Crippen molar-refractivity contribution >= 4 is 16.8 Å². The number of aryl methyl sites for hydroxylation is 2. The van der Waals surface area contributed by atoms with E-state index in [9.17, 15) is 4.79 Å². The number of hydrogen-bond donors (Lipinski definition) is 1. The van der Waals surface area contributed by atoms with Crippen molar-refractivity contribution < 1.29 is 9.53 Å². The molecule has 0 saturated carbocycles. The summed E-state index contributed by atoms with van der Waals surface area (Å²) in [6, 6.07) is 17.7. The second-order valence-electron chi connectivity index (χ2n) is 8.10. The number of carbonyl (C=O) groups is 1. The molecule has 6 heteroatoms. The van der Waals surface area contributed by atoms with Crippen molar-refractivity contribution in [3.8, 4) is 5.75 Å². The van der Waals surface area contributed by atoms with E-state index in [-0.39, 0.29) is 18.6 Å². The van der Waals surface area contributed by atoms with E-state index >= 15 is 0 Å². The van der Waals surface area contributed by atoms with E-state index in [2.05, 4.69) is 33.2 Å². The van der Waals surface area contributed by atoms with Crippen molar-refractivity contribution in [1.29, 1.82) is 0 Å². The Morgan fingerprint density at radius 2 is 2.00 bits per heavy atom. The number of nitrogens with one attached hydrogen (secondary N) is 1. The van der Waals surface area contributed by atoms with E-state index in [0.29, 0.717) is 12.3 Å². The van der Waals surface area contributed by atoms with Gasteiger partial charge in [-0.1, -0.05) is 31.2 Å². The Morgan fingerprint density at radius 1 is 1.16 bits per heavy atom. The summed E-state index contributed by atoms with van der Waals surface area (Å²) in [5, 5.41) is 1.21. The minimum Gasteiger partial charge on any atom is -0.482 e. The molecular weight excluding hydrogens is 400 g/mol. The molecule has 4 aromatic rings. The minimum absolute atomic E-state index is 0.0311. The van der Waals surface area contributed by atoms with Gasteiger partial charge in [-0.3, -0.25) is 14.8 Å². The standard InChI is InChI=1S/C26H26N4O2/c1-3-20-23(12-11-17(2)28-20)32-16-24(31)30-15-13-19-18-8-4-5-9-21(18)29-25(19)26(30)22-10-6-7-14-27-22/h4-12,14,26,29H,3,13,15-16H2,1-2H3/t26-/m1/s1. The number of rotatable bonds is 5. The predicted octanol–water partition coefficient (Wildman–Crippen LogP) is 4.38. The molecule has 0 fully saturated rings. The number of aromatic amines is 1. The number of hydrogen-bond acceptors (Lipinski definition) is 4. The van der Waals surface area contributed by atoms with Gasteiger partial charge in [0.15, 0.2) is 6.61 Å². The molecule has 3 aromatic heterocycles. The molecule has 1 aromatic carbocycles.